The molecule has 0 radical (unpaired) electrons. The van der Waals surface area contributed by atoms with E-state index in [2.05, 4.69) is 33.0 Å². The SMILES string of the molecule is CCCCCNC(=O)CCC(C)C1CC[C@H]2[C@H]3C(CC(O)C12C)C1(C)CC[C@@H](O)C[C@@H]1C[C@@H]3O. The van der Waals surface area contributed by atoms with E-state index < -0.39 is 0 Å². The first-order chi connectivity index (χ1) is 16.1. The predicted molar refractivity (Wildman–Crippen MR) is 135 cm³/mol. The lowest BCUT2D eigenvalue weighted by Crippen LogP contribution is -2.62. The van der Waals surface area contributed by atoms with E-state index >= 15 is 0 Å². The third kappa shape index (κ3) is 4.59. The van der Waals surface area contributed by atoms with Gasteiger partial charge in [0.05, 0.1) is 18.3 Å². The van der Waals surface area contributed by atoms with Gasteiger partial charge in [0.1, 0.15) is 0 Å². The van der Waals surface area contributed by atoms with E-state index in [0.29, 0.717) is 36.0 Å². The van der Waals surface area contributed by atoms with E-state index in [1.165, 1.54) is 0 Å². The van der Waals surface area contributed by atoms with Crippen molar-refractivity contribution in [1.29, 1.82) is 0 Å². The van der Waals surface area contributed by atoms with E-state index in [0.717, 1.165) is 77.2 Å². The van der Waals surface area contributed by atoms with Crippen molar-refractivity contribution >= 4 is 5.91 Å². The highest BCUT2D eigenvalue weighted by Gasteiger charge is 2.65. The third-order valence-corrected chi connectivity index (χ3v) is 11.4. The summed E-state index contributed by atoms with van der Waals surface area (Å²) in [6.45, 7) is 9.91. The van der Waals surface area contributed by atoms with Gasteiger partial charge in [-0.3, -0.25) is 4.79 Å². The summed E-state index contributed by atoms with van der Waals surface area (Å²) in [4.78, 5) is 12.4. The quantitative estimate of drug-likeness (QED) is 0.383. The molecule has 0 aromatic carbocycles. The number of rotatable bonds is 8. The average Bonchev–Trinajstić information content (AvgIpc) is 3.15. The molecule has 5 heteroatoms. The molecule has 4 fully saturated rings. The van der Waals surface area contributed by atoms with Crippen molar-refractivity contribution in [3.8, 4) is 0 Å². The predicted octanol–water partition coefficient (Wildman–Crippen LogP) is 4.67. The minimum absolute atomic E-state index is 0.116. The summed E-state index contributed by atoms with van der Waals surface area (Å²) in [7, 11) is 0. The van der Waals surface area contributed by atoms with Gasteiger partial charge in [0.2, 0.25) is 5.91 Å². The van der Waals surface area contributed by atoms with E-state index in [-0.39, 0.29) is 41.0 Å². The molecule has 4 rings (SSSR count). The highest BCUT2D eigenvalue weighted by Crippen LogP contribution is 2.68. The Labute approximate surface area is 207 Å². The molecule has 34 heavy (non-hydrogen) atoms. The first-order valence-electron chi connectivity index (χ1n) is 14.4. The van der Waals surface area contributed by atoms with Crippen molar-refractivity contribution in [1.82, 2.24) is 5.32 Å². The van der Waals surface area contributed by atoms with Crippen LogP contribution in [0.4, 0.5) is 0 Å². The molecule has 0 bridgehead atoms. The van der Waals surface area contributed by atoms with Crippen LogP contribution in [0.5, 0.6) is 0 Å². The molecule has 0 heterocycles. The van der Waals surface area contributed by atoms with E-state index in [4.69, 9.17) is 0 Å². The minimum Gasteiger partial charge on any atom is -0.393 e. The van der Waals surface area contributed by atoms with Crippen LogP contribution in [0, 0.1) is 46.3 Å². The topological polar surface area (TPSA) is 89.8 Å². The van der Waals surface area contributed by atoms with E-state index in [9.17, 15) is 20.1 Å². The average molecular weight is 478 g/mol. The summed E-state index contributed by atoms with van der Waals surface area (Å²) in [5, 5.41) is 36.4. The monoisotopic (exact) mass is 477 g/mol. The standard InChI is InChI=1S/C29H51NO4/c1-5-6-7-14-30-26(34)11-8-18(2)21-9-10-22-27-23(17-25(33)29(21,22)4)28(3)13-12-20(31)15-19(28)16-24(27)32/h18-25,27,31-33H,5-17H2,1-4H3,(H,30,34)/t18?,19-,20-,21?,22+,23?,24+,25?,27+,28?,29?/m1/s1. The van der Waals surface area contributed by atoms with Crippen LogP contribution in [-0.4, -0.2) is 46.1 Å². The Balaban J connectivity index is 1.43. The maximum absolute atomic E-state index is 12.4. The van der Waals surface area contributed by atoms with Crippen molar-refractivity contribution < 1.29 is 20.1 Å². The van der Waals surface area contributed by atoms with Crippen LogP contribution >= 0.6 is 0 Å². The summed E-state index contributed by atoms with van der Waals surface area (Å²) in [5.74, 6) is 2.23. The molecule has 196 valence electrons. The van der Waals surface area contributed by atoms with Gasteiger partial charge in [-0.2, -0.15) is 0 Å². The second kappa shape index (κ2) is 10.4. The molecule has 4 N–H and O–H groups in total. The molecule has 1 amide bonds. The number of aliphatic hydroxyl groups is 3. The lowest BCUT2D eigenvalue weighted by atomic mass is 9.43. The summed E-state index contributed by atoms with van der Waals surface area (Å²) in [5.41, 5.74) is -0.0679. The van der Waals surface area contributed by atoms with Gasteiger partial charge >= 0.3 is 0 Å². The Hall–Kier alpha value is -0.650. The third-order valence-electron chi connectivity index (χ3n) is 11.4. The first kappa shape index (κ1) is 26.4. The number of aliphatic hydroxyl groups excluding tert-OH is 3. The molecule has 4 aliphatic carbocycles. The van der Waals surface area contributed by atoms with E-state index in [1.807, 2.05) is 0 Å². The number of carbonyl (C=O) groups is 1. The Morgan fingerprint density at radius 3 is 2.53 bits per heavy atom. The Bertz CT molecular complexity index is 714. The normalized spacial score (nSPS) is 46.8. The van der Waals surface area contributed by atoms with Crippen LogP contribution in [0.1, 0.15) is 105 Å². The molecule has 5 nitrogen and oxygen atoms in total. The van der Waals surface area contributed by atoms with Gasteiger partial charge < -0.3 is 20.6 Å². The lowest BCUT2D eigenvalue weighted by Gasteiger charge is -2.63. The number of hydrogen-bond acceptors (Lipinski definition) is 4. The van der Waals surface area contributed by atoms with Crippen molar-refractivity contribution in [2.24, 2.45) is 46.3 Å². The number of fused-ring (bicyclic) bond motifs is 5. The van der Waals surface area contributed by atoms with E-state index in [1.54, 1.807) is 0 Å². The zero-order valence-electron chi connectivity index (χ0n) is 22.1. The highest BCUT2D eigenvalue weighted by atomic mass is 16.3. The van der Waals surface area contributed by atoms with Crippen molar-refractivity contribution in [3.05, 3.63) is 0 Å². The number of carbonyl (C=O) groups excluding carboxylic acids is 1. The van der Waals surface area contributed by atoms with Crippen LogP contribution in [0.25, 0.3) is 0 Å². The van der Waals surface area contributed by atoms with Gasteiger partial charge in [-0.25, -0.2) is 0 Å². The second-order valence-electron chi connectivity index (χ2n) is 13.1. The fourth-order valence-corrected chi connectivity index (χ4v) is 9.38. The molecule has 0 spiro atoms. The minimum atomic E-state index is -0.355. The molecule has 0 saturated heterocycles. The zero-order valence-corrected chi connectivity index (χ0v) is 22.1. The van der Waals surface area contributed by atoms with Crippen LogP contribution in [-0.2, 0) is 4.79 Å². The number of unbranched alkanes of at least 4 members (excludes halogenated alkanes) is 2. The van der Waals surface area contributed by atoms with Gasteiger partial charge in [0, 0.05) is 13.0 Å². The summed E-state index contributed by atoms with van der Waals surface area (Å²) in [6.07, 6.45) is 10.3. The Kier molecular flexibility index (Phi) is 8.06. The Morgan fingerprint density at radius 2 is 1.79 bits per heavy atom. The molecule has 6 unspecified atom stereocenters. The molecule has 4 saturated carbocycles. The van der Waals surface area contributed by atoms with Gasteiger partial charge in [-0.15, -0.1) is 0 Å². The molecule has 0 aromatic heterocycles. The zero-order chi connectivity index (χ0) is 24.7. The molecule has 4 aliphatic rings. The van der Waals surface area contributed by atoms with Crippen molar-refractivity contribution in [2.75, 3.05) is 6.54 Å². The second-order valence-corrected chi connectivity index (χ2v) is 13.1. The molecule has 0 aromatic rings. The molecular formula is C29H51NO4. The largest absolute Gasteiger partial charge is 0.393 e. The molecular weight excluding hydrogens is 426 g/mol. The smallest absolute Gasteiger partial charge is 0.220 e. The molecule has 0 aliphatic heterocycles. The molecule has 11 atom stereocenters. The van der Waals surface area contributed by atoms with Gasteiger partial charge in [0.25, 0.3) is 0 Å². The number of hydrogen-bond donors (Lipinski definition) is 4. The number of amides is 1. The van der Waals surface area contributed by atoms with Gasteiger partial charge in [0.15, 0.2) is 0 Å². The van der Waals surface area contributed by atoms with Crippen LogP contribution in [0.2, 0.25) is 0 Å². The van der Waals surface area contributed by atoms with Crippen LogP contribution in [0.15, 0.2) is 0 Å². The maximum atomic E-state index is 12.4. The van der Waals surface area contributed by atoms with Crippen molar-refractivity contribution in [3.63, 3.8) is 0 Å². The van der Waals surface area contributed by atoms with Gasteiger partial charge in [-0.1, -0.05) is 40.5 Å². The fourth-order valence-electron chi connectivity index (χ4n) is 9.38. The summed E-state index contributed by atoms with van der Waals surface area (Å²) < 4.78 is 0. The van der Waals surface area contributed by atoms with Crippen molar-refractivity contribution in [2.45, 2.75) is 123 Å². The van der Waals surface area contributed by atoms with Gasteiger partial charge in [-0.05, 0) is 104 Å². The van der Waals surface area contributed by atoms with Crippen LogP contribution in [0.3, 0.4) is 0 Å². The lowest BCUT2D eigenvalue weighted by molar-refractivity contribution is -0.207. The summed E-state index contributed by atoms with van der Waals surface area (Å²) >= 11 is 0. The number of nitrogens with one attached hydrogen (secondary N) is 1. The van der Waals surface area contributed by atoms with Crippen LogP contribution < -0.4 is 5.32 Å². The Morgan fingerprint density at radius 1 is 1.03 bits per heavy atom. The maximum Gasteiger partial charge on any atom is 0.220 e. The first-order valence-corrected chi connectivity index (χ1v) is 14.4. The summed E-state index contributed by atoms with van der Waals surface area (Å²) in [6, 6.07) is 0. The highest BCUT2D eigenvalue weighted by molar-refractivity contribution is 5.75. The fraction of sp³-hybridized carbons (Fsp3) is 0.966.